The Balaban J connectivity index is 1.68. The highest BCUT2D eigenvalue weighted by molar-refractivity contribution is 6.31. The molecule has 7 heteroatoms. The molecule has 0 unspecified atom stereocenters. The molecule has 1 amide bonds. The van der Waals surface area contributed by atoms with Crippen molar-refractivity contribution >= 4 is 34.7 Å². The molecule has 0 aliphatic heterocycles. The van der Waals surface area contributed by atoms with Crippen molar-refractivity contribution in [2.24, 2.45) is 0 Å². The second kappa shape index (κ2) is 7.49. The number of aryl methyl sites for hydroxylation is 1. The van der Waals surface area contributed by atoms with Crippen molar-refractivity contribution in [3.05, 3.63) is 82.5 Å². The third-order valence-electron chi connectivity index (χ3n) is 3.65. The van der Waals surface area contributed by atoms with E-state index in [4.69, 9.17) is 11.6 Å². The summed E-state index contributed by atoms with van der Waals surface area (Å²) in [5.41, 5.74) is 2.19. The van der Waals surface area contributed by atoms with E-state index < -0.39 is 17.5 Å². The summed E-state index contributed by atoms with van der Waals surface area (Å²) in [5.74, 6) is -2.07. The maximum atomic E-state index is 13.2. The first-order valence-corrected chi connectivity index (χ1v) is 8.06. The van der Waals surface area contributed by atoms with E-state index in [1.807, 2.05) is 19.1 Å². The number of halogens is 3. The Labute approximate surface area is 153 Å². The zero-order valence-electron chi connectivity index (χ0n) is 13.7. The van der Waals surface area contributed by atoms with Crippen molar-refractivity contribution in [2.75, 3.05) is 10.6 Å². The van der Waals surface area contributed by atoms with Crippen LogP contribution in [0.15, 0.2) is 54.7 Å². The fourth-order valence-corrected chi connectivity index (χ4v) is 2.38. The summed E-state index contributed by atoms with van der Waals surface area (Å²) in [6.07, 6.45) is 1.45. The van der Waals surface area contributed by atoms with Gasteiger partial charge < -0.3 is 10.6 Å². The lowest BCUT2D eigenvalue weighted by Gasteiger charge is -2.09. The van der Waals surface area contributed by atoms with Crippen LogP contribution in [0.2, 0.25) is 5.02 Å². The molecule has 1 heterocycles. The van der Waals surface area contributed by atoms with E-state index in [-0.39, 0.29) is 5.56 Å². The molecule has 0 fully saturated rings. The van der Waals surface area contributed by atoms with Crippen molar-refractivity contribution in [1.82, 2.24) is 4.98 Å². The number of benzene rings is 2. The zero-order valence-corrected chi connectivity index (χ0v) is 14.4. The monoisotopic (exact) mass is 373 g/mol. The van der Waals surface area contributed by atoms with Crippen molar-refractivity contribution in [3.8, 4) is 0 Å². The molecular weight excluding hydrogens is 360 g/mol. The zero-order chi connectivity index (χ0) is 18.7. The van der Waals surface area contributed by atoms with E-state index in [0.29, 0.717) is 16.5 Å². The minimum Gasteiger partial charge on any atom is -0.340 e. The van der Waals surface area contributed by atoms with E-state index in [1.54, 1.807) is 18.2 Å². The second-order valence-corrected chi connectivity index (χ2v) is 6.01. The molecule has 2 N–H and O–H groups in total. The highest BCUT2D eigenvalue weighted by Crippen LogP contribution is 2.23. The smallest absolute Gasteiger partial charge is 0.255 e. The quantitative estimate of drug-likeness (QED) is 0.651. The van der Waals surface area contributed by atoms with Crippen LogP contribution in [0.4, 0.5) is 26.0 Å². The summed E-state index contributed by atoms with van der Waals surface area (Å²) in [6, 6.07) is 11.8. The Morgan fingerprint density at radius 1 is 1.00 bits per heavy atom. The third-order valence-corrected chi connectivity index (χ3v) is 4.05. The molecule has 1 aromatic heterocycles. The van der Waals surface area contributed by atoms with Crippen LogP contribution >= 0.6 is 11.6 Å². The predicted molar refractivity (Wildman–Crippen MR) is 98.0 cm³/mol. The number of amides is 1. The number of pyridine rings is 1. The van der Waals surface area contributed by atoms with Crippen LogP contribution in [0.1, 0.15) is 15.9 Å². The number of carbonyl (C=O) groups excluding carboxylic acids is 1. The average Bonchev–Trinajstić information content (AvgIpc) is 2.62. The summed E-state index contributed by atoms with van der Waals surface area (Å²) < 4.78 is 26.1. The maximum absolute atomic E-state index is 13.2. The van der Waals surface area contributed by atoms with Gasteiger partial charge in [-0.3, -0.25) is 4.79 Å². The molecule has 3 rings (SSSR count). The van der Waals surface area contributed by atoms with Crippen molar-refractivity contribution in [3.63, 3.8) is 0 Å². The number of nitrogens with one attached hydrogen (secondary N) is 2. The highest BCUT2D eigenvalue weighted by Gasteiger charge is 2.10. The lowest BCUT2D eigenvalue weighted by molar-refractivity contribution is 0.102. The first-order valence-electron chi connectivity index (χ1n) is 7.68. The van der Waals surface area contributed by atoms with Gasteiger partial charge in [0, 0.05) is 16.3 Å². The Morgan fingerprint density at radius 2 is 1.77 bits per heavy atom. The molecule has 0 spiro atoms. The Morgan fingerprint density at radius 3 is 2.42 bits per heavy atom. The topological polar surface area (TPSA) is 54.0 Å². The molecule has 0 atom stereocenters. The molecule has 132 valence electrons. The summed E-state index contributed by atoms with van der Waals surface area (Å²) in [6.45, 7) is 1.91. The van der Waals surface area contributed by atoms with Gasteiger partial charge in [-0.1, -0.05) is 17.7 Å². The minimum absolute atomic E-state index is 0.0143. The van der Waals surface area contributed by atoms with E-state index in [0.717, 1.165) is 23.4 Å². The van der Waals surface area contributed by atoms with Crippen LogP contribution in [0, 0.1) is 18.6 Å². The van der Waals surface area contributed by atoms with Gasteiger partial charge in [-0.25, -0.2) is 13.8 Å². The Hall–Kier alpha value is -2.99. The van der Waals surface area contributed by atoms with E-state index >= 15 is 0 Å². The molecule has 0 aliphatic rings. The molecule has 26 heavy (non-hydrogen) atoms. The molecule has 2 aromatic carbocycles. The van der Waals surface area contributed by atoms with Crippen LogP contribution in [-0.4, -0.2) is 10.9 Å². The van der Waals surface area contributed by atoms with Crippen molar-refractivity contribution < 1.29 is 13.6 Å². The third kappa shape index (κ3) is 4.15. The first-order chi connectivity index (χ1) is 12.4. The molecule has 0 radical (unpaired) electrons. The fourth-order valence-electron chi connectivity index (χ4n) is 2.20. The van der Waals surface area contributed by atoms with Gasteiger partial charge in [-0.05, 0) is 55.0 Å². The summed E-state index contributed by atoms with van der Waals surface area (Å²) in [7, 11) is 0. The van der Waals surface area contributed by atoms with Crippen LogP contribution in [-0.2, 0) is 0 Å². The van der Waals surface area contributed by atoms with Crippen molar-refractivity contribution in [1.29, 1.82) is 0 Å². The number of anilines is 3. The second-order valence-electron chi connectivity index (χ2n) is 5.60. The largest absolute Gasteiger partial charge is 0.340 e. The first kappa shape index (κ1) is 17.8. The summed E-state index contributed by atoms with van der Waals surface area (Å²) in [4.78, 5) is 16.3. The number of nitrogens with zero attached hydrogens (tertiary/aromatic N) is 1. The van der Waals surface area contributed by atoms with Gasteiger partial charge >= 0.3 is 0 Å². The fraction of sp³-hybridized carbons (Fsp3) is 0.0526. The van der Waals surface area contributed by atoms with Gasteiger partial charge in [-0.2, -0.15) is 0 Å². The van der Waals surface area contributed by atoms with Crippen molar-refractivity contribution in [2.45, 2.75) is 6.92 Å². The highest BCUT2D eigenvalue weighted by atomic mass is 35.5. The van der Waals surface area contributed by atoms with Gasteiger partial charge in [0.15, 0.2) is 11.6 Å². The summed E-state index contributed by atoms with van der Waals surface area (Å²) >= 11 is 6.08. The number of rotatable bonds is 4. The Kier molecular flexibility index (Phi) is 5.14. The van der Waals surface area contributed by atoms with Crippen LogP contribution in [0.5, 0.6) is 0 Å². The number of hydrogen-bond acceptors (Lipinski definition) is 3. The molecule has 0 saturated carbocycles. The van der Waals surface area contributed by atoms with Gasteiger partial charge in [-0.15, -0.1) is 0 Å². The van der Waals surface area contributed by atoms with Gasteiger partial charge in [0.05, 0.1) is 11.9 Å². The SMILES string of the molecule is Cc1ccc(Nc2ccc(NC(=O)c3ccc(F)c(F)c3)cn2)cc1Cl. The van der Waals surface area contributed by atoms with Crippen LogP contribution in [0.25, 0.3) is 0 Å². The van der Waals surface area contributed by atoms with E-state index in [1.165, 1.54) is 12.3 Å². The van der Waals surface area contributed by atoms with Gasteiger partial charge in [0.1, 0.15) is 5.82 Å². The molecular formula is C19H14ClF2N3O. The van der Waals surface area contributed by atoms with Crippen LogP contribution < -0.4 is 10.6 Å². The molecule has 0 saturated heterocycles. The van der Waals surface area contributed by atoms with Gasteiger partial charge in [0.2, 0.25) is 0 Å². The lowest BCUT2D eigenvalue weighted by Crippen LogP contribution is -2.12. The maximum Gasteiger partial charge on any atom is 0.255 e. The van der Waals surface area contributed by atoms with E-state index in [2.05, 4.69) is 15.6 Å². The summed E-state index contributed by atoms with van der Waals surface area (Å²) in [5, 5.41) is 6.32. The predicted octanol–water partition coefficient (Wildman–Crippen LogP) is 5.32. The standard InChI is InChI=1S/C19H14ClF2N3O/c1-11-2-4-13(9-15(11)20)24-18-7-5-14(10-23-18)25-19(26)12-3-6-16(21)17(22)8-12/h2-10H,1H3,(H,23,24)(H,25,26). The number of carbonyl (C=O) groups is 1. The van der Waals surface area contributed by atoms with Crippen LogP contribution in [0.3, 0.4) is 0 Å². The minimum atomic E-state index is -1.08. The molecule has 4 nitrogen and oxygen atoms in total. The Bertz CT molecular complexity index is 961. The molecule has 0 bridgehead atoms. The normalized spacial score (nSPS) is 10.5. The number of aromatic nitrogens is 1. The average molecular weight is 374 g/mol. The number of hydrogen-bond donors (Lipinski definition) is 2. The molecule has 0 aliphatic carbocycles. The lowest BCUT2D eigenvalue weighted by atomic mass is 10.2. The van der Waals surface area contributed by atoms with E-state index in [9.17, 15) is 13.6 Å². The molecule has 3 aromatic rings. The van der Waals surface area contributed by atoms with Gasteiger partial charge in [0.25, 0.3) is 5.91 Å².